The molecule has 2 rings (SSSR count). The molecule has 1 heterocycles. The van der Waals surface area contributed by atoms with Crippen molar-refractivity contribution >= 4 is 6.02 Å². The van der Waals surface area contributed by atoms with Crippen LogP contribution >= 0.6 is 0 Å². The average molecular weight is 230 g/mol. The lowest BCUT2D eigenvalue weighted by Crippen LogP contribution is -2.23. The molecule has 0 aromatic heterocycles. The highest BCUT2D eigenvalue weighted by molar-refractivity contribution is 5.74. The average Bonchev–Trinajstić information content (AvgIpc) is 2.53. The zero-order valence-corrected chi connectivity index (χ0v) is 8.43. The molecule has 6 heteroatoms. The highest BCUT2D eigenvalue weighted by Crippen LogP contribution is 2.32. The molecule has 0 saturated heterocycles. The van der Waals surface area contributed by atoms with Gasteiger partial charge < -0.3 is 10.5 Å². The van der Waals surface area contributed by atoms with Crippen LogP contribution in [0.3, 0.4) is 0 Å². The molecule has 0 spiro atoms. The molecule has 0 radical (unpaired) electrons. The van der Waals surface area contributed by atoms with Crippen LogP contribution in [0.15, 0.2) is 17.1 Å². The second-order valence-electron chi connectivity index (χ2n) is 3.76. The lowest BCUT2D eigenvalue weighted by molar-refractivity contribution is 0.260. The first-order valence-corrected chi connectivity index (χ1v) is 4.55. The smallest absolute Gasteiger partial charge is 0.283 e. The van der Waals surface area contributed by atoms with Crippen molar-refractivity contribution in [1.82, 2.24) is 0 Å². The third-order valence-corrected chi connectivity index (χ3v) is 2.43. The van der Waals surface area contributed by atoms with E-state index in [1.165, 1.54) is 6.92 Å². The summed E-state index contributed by atoms with van der Waals surface area (Å²) in [5, 5.41) is 0. The number of ether oxygens (including phenoxy) is 1. The van der Waals surface area contributed by atoms with E-state index in [-0.39, 0.29) is 18.2 Å². The van der Waals surface area contributed by atoms with Crippen LogP contribution in [0, 0.1) is 17.5 Å². The van der Waals surface area contributed by atoms with Crippen molar-refractivity contribution in [2.75, 3.05) is 6.61 Å². The number of hydrogen-bond acceptors (Lipinski definition) is 3. The molecule has 0 fully saturated rings. The van der Waals surface area contributed by atoms with E-state index in [0.29, 0.717) is 6.07 Å². The minimum absolute atomic E-state index is 0.0430. The van der Waals surface area contributed by atoms with E-state index >= 15 is 0 Å². The third-order valence-electron chi connectivity index (χ3n) is 2.43. The van der Waals surface area contributed by atoms with E-state index in [2.05, 4.69) is 4.99 Å². The summed E-state index contributed by atoms with van der Waals surface area (Å²) in [4.78, 5) is 3.83. The van der Waals surface area contributed by atoms with Crippen molar-refractivity contribution in [3.63, 3.8) is 0 Å². The number of nitrogens with two attached hydrogens (primary N) is 1. The molecule has 2 N–H and O–H groups in total. The Morgan fingerprint density at radius 1 is 1.38 bits per heavy atom. The van der Waals surface area contributed by atoms with Gasteiger partial charge in [0.15, 0.2) is 11.6 Å². The molecule has 1 atom stereocenters. The molecular weight excluding hydrogens is 221 g/mol. The fourth-order valence-corrected chi connectivity index (χ4v) is 1.61. The van der Waals surface area contributed by atoms with Crippen LogP contribution in [0.5, 0.6) is 0 Å². The van der Waals surface area contributed by atoms with Gasteiger partial charge in [0, 0.05) is 11.6 Å². The van der Waals surface area contributed by atoms with E-state index in [1.54, 1.807) is 0 Å². The summed E-state index contributed by atoms with van der Waals surface area (Å²) >= 11 is 0. The zero-order valence-electron chi connectivity index (χ0n) is 8.43. The number of rotatable bonds is 1. The minimum atomic E-state index is -1.25. The third kappa shape index (κ3) is 1.60. The van der Waals surface area contributed by atoms with E-state index in [1.807, 2.05) is 0 Å². The summed E-state index contributed by atoms with van der Waals surface area (Å²) in [6.07, 6.45) is 0. The maximum Gasteiger partial charge on any atom is 0.283 e. The van der Waals surface area contributed by atoms with Gasteiger partial charge in [-0.15, -0.1) is 0 Å². The SMILES string of the molecule is CC1(c2cc(F)cc(F)c2F)COC(N)=N1. The lowest BCUT2D eigenvalue weighted by Gasteiger charge is -2.19. The highest BCUT2D eigenvalue weighted by atomic mass is 19.2. The molecule has 3 nitrogen and oxygen atoms in total. The van der Waals surface area contributed by atoms with Crippen LogP contribution in [0.1, 0.15) is 12.5 Å². The van der Waals surface area contributed by atoms with Gasteiger partial charge in [-0.2, -0.15) is 0 Å². The van der Waals surface area contributed by atoms with Crippen LogP contribution in [-0.4, -0.2) is 12.6 Å². The summed E-state index contributed by atoms with van der Waals surface area (Å²) in [5.41, 5.74) is 3.90. The molecule has 1 aromatic carbocycles. The molecule has 0 bridgehead atoms. The van der Waals surface area contributed by atoms with Crippen LogP contribution in [-0.2, 0) is 10.3 Å². The maximum absolute atomic E-state index is 13.5. The first-order chi connectivity index (χ1) is 7.42. The topological polar surface area (TPSA) is 47.6 Å². The van der Waals surface area contributed by atoms with Gasteiger partial charge in [-0.25, -0.2) is 18.2 Å². The first kappa shape index (κ1) is 10.8. The van der Waals surface area contributed by atoms with Gasteiger partial charge in [-0.1, -0.05) is 0 Å². The summed E-state index contributed by atoms with van der Waals surface area (Å²) in [6, 6.07) is 1.25. The Bertz CT molecular complexity index is 475. The van der Waals surface area contributed by atoms with Gasteiger partial charge in [0.1, 0.15) is 18.0 Å². The second-order valence-corrected chi connectivity index (χ2v) is 3.76. The van der Waals surface area contributed by atoms with E-state index in [0.717, 1.165) is 6.07 Å². The van der Waals surface area contributed by atoms with Crippen LogP contribution in [0.25, 0.3) is 0 Å². The quantitative estimate of drug-likeness (QED) is 0.746. The fourth-order valence-electron chi connectivity index (χ4n) is 1.61. The Labute approximate surface area is 89.7 Å². The van der Waals surface area contributed by atoms with E-state index in [4.69, 9.17) is 10.5 Å². The van der Waals surface area contributed by atoms with Gasteiger partial charge >= 0.3 is 0 Å². The summed E-state index contributed by atoms with van der Waals surface area (Å²) in [7, 11) is 0. The molecule has 0 amide bonds. The molecule has 0 saturated carbocycles. The molecule has 16 heavy (non-hydrogen) atoms. The maximum atomic E-state index is 13.5. The van der Waals surface area contributed by atoms with Crippen LogP contribution in [0.4, 0.5) is 13.2 Å². The van der Waals surface area contributed by atoms with Crippen LogP contribution < -0.4 is 5.73 Å². The Hall–Kier alpha value is -1.72. The summed E-state index contributed by atoms with van der Waals surface area (Å²) in [5.74, 6) is -3.25. The number of halogens is 3. The van der Waals surface area contributed by atoms with Crippen molar-refractivity contribution in [2.24, 2.45) is 10.7 Å². The molecule has 1 unspecified atom stereocenters. The molecule has 0 aliphatic carbocycles. The highest BCUT2D eigenvalue weighted by Gasteiger charge is 2.36. The molecule has 1 aliphatic rings. The summed E-state index contributed by atoms with van der Waals surface area (Å²) in [6.45, 7) is 1.45. The molecule has 1 aromatic rings. The predicted molar refractivity (Wildman–Crippen MR) is 51.2 cm³/mol. The molecule has 86 valence electrons. The standard InChI is InChI=1S/C10H9F3N2O/c1-10(4-16-9(14)15-10)6-2-5(11)3-7(12)8(6)13/h2-3H,4H2,1H3,(H2,14,15). The summed E-state index contributed by atoms with van der Waals surface area (Å²) < 4.78 is 44.4. The lowest BCUT2D eigenvalue weighted by atomic mass is 9.93. The Morgan fingerprint density at radius 2 is 2.06 bits per heavy atom. The number of nitrogens with zero attached hydrogens (tertiary/aromatic N) is 1. The molecular formula is C10H9F3N2O. The van der Waals surface area contributed by atoms with Gasteiger partial charge in [-0.3, -0.25) is 0 Å². The largest absolute Gasteiger partial charge is 0.462 e. The van der Waals surface area contributed by atoms with Crippen molar-refractivity contribution in [3.8, 4) is 0 Å². The Morgan fingerprint density at radius 3 is 2.62 bits per heavy atom. The number of benzene rings is 1. The monoisotopic (exact) mass is 230 g/mol. The fraction of sp³-hybridized carbons (Fsp3) is 0.300. The zero-order chi connectivity index (χ0) is 11.9. The van der Waals surface area contributed by atoms with Gasteiger partial charge in [0.05, 0.1) is 0 Å². The first-order valence-electron chi connectivity index (χ1n) is 4.55. The van der Waals surface area contributed by atoms with Crippen LogP contribution in [0.2, 0.25) is 0 Å². The van der Waals surface area contributed by atoms with Crippen molar-refractivity contribution in [1.29, 1.82) is 0 Å². The minimum Gasteiger partial charge on any atom is -0.462 e. The Kier molecular flexibility index (Phi) is 2.29. The van der Waals surface area contributed by atoms with Gasteiger partial charge in [-0.05, 0) is 13.0 Å². The van der Waals surface area contributed by atoms with Crippen molar-refractivity contribution in [2.45, 2.75) is 12.5 Å². The van der Waals surface area contributed by atoms with E-state index < -0.39 is 23.0 Å². The van der Waals surface area contributed by atoms with Gasteiger partial charge in [0.2, 0.25) is 0 Å². The predicted octanol–water partition coefficient (Wildman–Crippen LogP) is 1.66. The van der Waals surface area contributed by atoms with Gasteiger partial charge in [0.25, 0.3) is 6.02 Å². The van der Waals surface area contributed by atoms with Crippen molar-refractivity contribution < 1.29 is 17.9 Å². The molecule has 1 aliphatic heterocycles. The number of hydrogen-bond donors (Lipinski definition) is 1. The normalized spacial score (nSPS) is 24.1. The van der Waals surface area contributed by atoms with E-state index in [9.17, 15) is 13.2 Å². The number of amidine groups is 1. The van der Waals surface area contributed by atoms with Crippen molar-refractivity contribution in [3.05, 3.63) is 35.1 Å². The Balaban J connectivity index is 2.56. The number of aliphatic imine (C=N–C) groups is 1. The second kappa shape index (κ2) is 3.40.